The molecule has 0 aliphatic carbocycles. The van der Waals surface area contributed by atoms with Gasteiger partial charge in [0.15, 0.2) is 0 Å². The molecule has 0 aliphatic heterocycles. The summed E-state index contributed by atoms with van der Waals surface area (Å²) >= 11 is 0. The maximum absolute atomic E-state index is 9.95. The van der Waals surface area contributed by atoms with Crippen LogP contribution in [0.4, 0.5) is 5.69 Å². The molecule has 0 aliphatic rings. The van der Waals surface area contributed by atoms with Gasteiger partial charge in [-0.15, -0.1) is 0 Å². The highest BCUT2D eigenvalue weighted by Crippen LogP contribution is 2.28. The summed E-state index contributed by atoms with van der Waals surface area (Å²) in [6.07, 6.45) is 1.95. The lowest BCUT2D eigenvalue weighted by molar-refractivity contribution is 0.467. The Morgan fingerprint density at radius 1 is 1.10 bits per heavy atom. The Kier molecular flexibility index (Phi) is 3.11. The molecule has 0 spiro atoms. The summed E-state index contributed by atoms with van der Waals surface area (Å²) in [6.45, 7) is 4.57. The Bertz CT molecular complexity index is 759. The van der Waals surface area contributed by atoms with E-state index in [1.54, 1.807) is 0 Å². The molecular weight excluding hydrogens is 248 g/mol. The Morgan fingerprint density at radius 2 is 1.95 bits per heavy atom. The predicted molar refractivity (Wildman–Crippen MR) is 83.2 cm³/mol. The third-order valence-corrected chi connectivity index (χ3v) is 3.74. The maximum atomic E-state index is 9.95. The molecule has 3 N–H and O–H groups in total. The van der Waals surface area contributed by atoms with E-state index >= 15 is 0 Å². The lowest BCUT2D eigenvalue weighted by Crippen LogP contribution is -2.01. The molecule has 0 amide bonds. The number of H-pyrrole nitrogens is 1. The summed E-state index contributed by atoms with van der Waals surface area (Å²) in [5.41, 5.74) is 5.12. The average Bonchev–Trinajstić information content (AvgIpc) is 2.91. The smallest absolute Gasteiger partial charge is 0.123 e. The lowest BCUT2D eigenvalue weighted by Gasteiger charge is -2.12. The fourth-order valence-corrected chi connectivity index (χ4v) is 2.43. The molecule has 2 aromatic carbocycles. The van der Waals surface area contributed by atoms with Gasteiger partial charge in [-0.25, -0.2) is 0 Å². The molecule has 0 bridgehead atoms. The monoisotopic (exact) mass is 266 g/mol. The van der Waals surface area contributed by atoms with Crippen LogP contribution in [0.15, 0.2) is 42.6 Å². The van der Waals surface area contributed by atoms with E-state index in [2.05, 4.69) is 34.6 Å². The Morgan fingerprint density at radius 3 is 2.80 bits per heavy atom. The van der Waals surface area contributed by atoms with E-state index in [1.807, 2.05) is 32.2 Å². The van der Waals surface area contributed by atoms with Crippen LogP contribution in [0.5, 0.6) is 5.75 Å². The average molecular weight is 266 g/mol. The molecule has 0 radical (unpaired) electrons. The van der Waals surface area contributed by atoms with E-state index in [0.29, 0.717) is 5.75 Å². The van der Waals surface area contributed by atoms with Crippen molar-refractivity contribution in [3.05, 3.63) is 59.3 Å². The van der Waals surface area contributed by atoms with Gasteiger partial charge in [0.05, 0.1) is 0 Å². The highest BCUT2D eigenvalue weighted by molar-refractivity contribution is 5.79. The first-order chi connectivity index (χ1) is 9.65. The Labute approximate surface area is 118 Å². The van der Waals surface area contributed by atoms with Crippen LogP contribution in [-0.4, -0.2) is 10.1 Å². The lowest BCUT2D eigenvalue weighted by atomic mass is 10.1. The van der Waals surface area contributed by atoms with Gasteiger partial charge in [-0.2, -0.15) is 0 Å². The van der Waals surface area contributed by atoms with Crippen molar-refractivity contribution < 1.29 is 5.11 Å². The first kappa shape index (κ1) is 12.6. The molecule has 1 heterocycles. The van der Waals surface area contributed by atoms with Crippen LogP contribution >= 0.6 is 0 Å². The second kappa shape index (κ2) is 4.93. The zero-order chi connectivity index (χ0) is 14.1. The standard InChI is InChI=1S/C17H18N2O/c1-11-3-6-15(12(2)17(11)20)19-10-13-4-5-14-7-8-18-16(14)9-13/h3-9,18-20H,10H2,1-2H3. The van der Waals surface area contributed by atoms with E-state index in [9.17, 15) is 5.11 Å². The van der Waals surface area contributed by atoms with Crippen molar-refractivity contribution in [2.45, 2.75) is 20.4 Å². The molecule has 1 aromatic heterocycles. The Hall–Kier alpha value is -2.42. The van der Waals surface area contributed by atoms with E-state index < -0.39 is 0 Å². The second-order valence-electron chi connectivity index (χ2n) is 5.16. The molecule has 20 heavy (non-hydrogen) atoms. The number of rotatable bonds is 3. The molecule has 102 valence electrons. The number of hydrogen-bond donors (Lipinski definition) is 3. The third kappa shape index (κ3) is 2.23. The van der Waals surface area contributed by atoms with Gasteiger partial charge < -0.3 is 15.4 Å². The zero-order valence-corrected chi connectivity index (χ0v) is 11.7. The fraction of sp³-hybridized carbons (Fsp3) is 0.176. The van der Waals surface area contributed by atoms with Crippen LogP contribution in [0.3, 0.4) is 0 Å². The molecule has 0 saturated heterocycles. The predicted octanol–water partition coefficient (Wildman–Crippen LogP) is 4.10. The number of aromatic nitrogens is 1. The van der Waals surface area contributed by atoms with Crippen LogP contribution in [0.2, 0.25) is 0 Å². The summed E-state index contributed by atoms with van der Waals surface area (Å²) < 4.78 is 0. The van der Waals surface area contributed by atoms with E-state index in [4.69, 9.17) is 0 Å². The number of aryl methyl sites for hydroxylation is 1. The van der Waals surface area contributed by atoms with Gasteiger partial charge in [-0.05, 0) is 48.6 Å². The topological polar surface area (TPSA) is 48.0 Å². The minimum absolute atomic E-state index is 0.370. The minimum Gasteiger partial charge on any atom is -0.507 e. The maximum Gasteiger partial charge on any atom is 0.123 e. The molecule has 0 unspecified atom stereocenters. The van der Waals surface area contributed by atoms with E-state index in [1.165, 1.54) is 10.9 Å². The van der Waals surface area contributed by atoms with Gasteiger partial charge >= 0.3 is 0 Å². The van der Waals surface area contributed by atoms with Crippen LogP contribution in [-0.2, 0) is 6.54 Å². The van der Waals surface area contributed by atoms with Gasteiger partial charge in [-0.3, -0.25) is 0 Å². The van der Waals surface area contributed by atoms with Crippen molar-refractivity contribution in [3.8, 4) is 5.75 Å². The number of phenolic OH excluding ortho intramolecular Hbond substituents is 1. The van der Waals surface area contributed by atoms with Crippen LogP contribution in [0, 0.1) is 13.8 Å². The molecular formula is C17H18N2O. The van der Waals surface area contributed by atoms with Crippen molar-refractivity contribution in [2.75, 3.05) is 5.32 Å². The van der Waals surface area contributed by atoms with Crippen molar-refractivity contribution in [1.82, 2.24) is 4.98 Å². The number of anilines is 1. The number of aromatic amines is 1. The van der Waals surface area contributed by atoms with Gasteiger partial charge in [0, 0.05) is 29.5 Å². The van der Waals surface area contributed by atoms with Crippen molar-refractivity contribution >= 4 is 16.6 Å². The fourth-order valence-electron chi connectivity index (χ4n) is 2.43. The van der Waals surface area contributed by atoms with E-state index in [0.717, 1.165) is 28.9 Å². The first-order valence-electron chi connectivity index (χ1n) is 6.74. The summed E-state index contributed by atoms with van der Waals surface area (Å²) in [5, 5.41) is 14.6. The quantitative estimate of drug-likeness (QED) is 0.668. The SMILES string of the molecule is Cc1ccc(NCc2ccc3cc[nH]c3c2)c(C)c1O. The molecule has 3 nitrogen and oxygen atoms in total. The molecule has 3 rings (SSSR count). The number of nitrogens with one attached hydrogen (secondary N) is 2. The van der Waals surface area contributed by atoms with Crippen LogP contribution in [0.25, 0.3) is 10.9 Å². The number of fused-ring (bicyclic) bond motifs is 1. The summed E-state index contributed by atoms with van der Waals surface area (Å²) in [5.74, 6) is 0.370. The minimum atomic E-state index is 0.370. The largest absolute Gasteiger partial charge is 0.507 e. The van der Waals surface area contributed by atoms with Gasteiger partial charge in [0.25, 0.3) is 0 Å². The highest BCUT2D eigenvalue weighted by atomic mass is 16.3. The third-order valence-electron chi connectivity index (χ3n) is 3.74. The molecule has 0 fully saturated rings. The molecule has 0 saturated carbocycles. The summed E-state index contributed by atoms with van der Waals surface area (Å²) in [7, 11) is 0. The van der Waals surface area contributed by atoms with Gasteiger partial charge in [0.2, 0.25) is 0 Å². The summed E-state index contributed by atoms with van der Waals surface area (Å²) in [4.78, 5) is 3.22. The molecule has 0 atom stereocenters. The zero-order valence-electron chi connectivity index (χ0n) is 11.7. The van der Waals surface area contributed by atoms with E-state index in [-0.39, 0.29) is 0 Å². The van der Waals surface area contributed by atoms with Crippen LogP contribution < -0.4 is 5.32 Å². The van der Waals surface area contributed by atoms with Gasteiger partial charge in [-0.1, -0.05) is 18.2 Å². The number of benzene rings is 2. The normalized spacial score (nSPS) is 10.9. The van der Waals surface area contributed by atoms with Crippen molar-refractivity contribution in [3.63, 3.8) is 0 Å². The highest BCUT2D eigenvalue weighted by Gasteiger charge is 2.06. The first-order valence-corrected chi connectivity index (χ1v) is 6.74. The number of aromatic hydroxyl groups is 1. The molecule has 3 heteroatoms. The number of phenols is 1. The van der Waals surface area contributed by atoms with Crippen LogP contribution in [0.1, 0.15) is 16.7 Å². The number of hydrogen-bond acceptors (Lipinski definition) is 2. The van der Waals surface area contributed by atoms with Gasteiger partial charge in [0.1, 0.15) is 5.75 Å². The molecule has 3 aromatic rings. The second-order valence-corrected chi connectivity index (χ2v) is 5.16. The summed E-state index contributed by atoms with van der Waals surface area (Å²) in [6, 6.07) is 12.4. The van der Waals surface area contributed by atoms with Crippen molar-refractivity contribution in [2.24, 2.45) is 0 Å². The Balaban J connectivity index is 1.80. The van der Waals surface area contributed by atoms with Crippen molar-refractivity contribution in [1.29, 1.82) is 0 Å².